The molecule has 7 heteroatoms. The number of hydrogen-bond acceptors (Lipinski definition) is 3. The van der Waals surface area contributed by atoms with E-state index in [4.69, 9.17) is 4.74 Å². The third kappa shape index (κ3) is 3.25. The predicted molar refractivity (Wildman–Crippen MR) is 67.2 cm³/mol. The summed E-state index contributed by atoms with van der Waals surface area (Å²) in [6, 6.07) is -0.508. The summed E-state index contributed by atoms with van der Waals surface area (Å²) in [5.41, 5.74) is -0.405. The third-order valence-corrected chi connectivity index (χ3v) is 4.09. The Morgan fingerprint density at radius 3 is 2.55 bits per heavy atom. The van der Waals surface area contributed by atoms with Crippen molar-refractivity contribution in [1.82, 2.24) is 10.2 Å². The first-order valence-corrected chi connectivity index (χ1v) is 6.91. The summed E-state index contributed by atoms with van der Waals surface area (Å²) in [5, 5.41) is 2.76. The molecule has 0 saturated carbocycles. The molecule has 0 aromatic rings. The normalized spacial score (nSPS) is 31.1. The van der Waals surface area contributed by atoms with Gasteiger partial charge >= 0.3 is 6.18 Å². The number of ether oxygens (including phenoxy) is 1. The van der Waals surface area contributed by atoms with Gasteiger partial charge < -0.3 is 15.0 Å². The number of nitrogens with zero attached hydrogens (tertiary/aromatic N) is 1. The molecule has 0 aliphatic carbocycles. The molecule has 2 heterocycles. The van der Waals surface area contributed by atoms with Crippen LogP contribution in [0.25, 0.3) is 0 Å². The molecule has 2 fully saturated rings. The van der Waals surface area contributed by atoms with Crippen LogP contribution in [0.1, 0.15) is 26.7 Å². The zero-order chi connectivity index (χ0) is 15.0. The Kier molecular flexibility index (Phi) is 4.30. The number of hydrogen-bond donors (Lipinski definition) is 1. The maximum atomic E-state index is 12.6. The van der Waals surface area contributed by atoms with Crippen molar-refractivity contribution in [2.75, 3.05) is 26.3 Å². The van der Waals surface area contributed by atoms with Crippen molar-refractivity contribution >= 4 is 5.91 Å². The maximum absolute atomic E-state index is 12.6. The molecule has 0 bridgehead atoms. The number of morpholine rings is 1. The van der Waals surface area contributed by atoms with Gasteiger partial charge in [-0.15, -0.1) is 0 Å². The van der Waals surface area contributed by atoms with Crippen molar-refractivity contribution in [2.24, 2.45) is 5.92 Å². The van der Waals surface area contributed by atoms with E-state index < -0.39 is 23.7 Å². The van der Waals surface area contributed by atoms with Gasteiger partial charge in [0.1, 0.15) is 0 Å². The highest BCUT2D eigenvalue weighted by Crippen LogP contribution is 2.32. The lowest BCUT2D eigenvalue weighted by Gasteiger charge is -2.44. The summed E-state index contributed by atoms with van der Waals surface area (Å²) in [4.78, 5) is 14.2. The van der Waals surface area contributed by atoms with E-state index in [2.05, 4.69) is 5.32 Å². The van der Waals surface area contributed by atoms with Crippen LogP contribution in [0.2, 0.25) is 0 Å². The molecule has 0 radical (unpaired) electrons. The Balaban J connectivity index is 1.95. The number of halogens is 3. The van der Waals surface area contributed by atoms with Crippen molar-refractivity contribution in [2.45, 2.75) is 44.4 Å². The number of amides is 1. The summed E-state index contributed by atoms with van der Waals surface area (Å²) in [5.74, 6) is -1.46. The second kappa shape index (κ2) is 5.52. The third-order valence-electron chi connectivity index (χ3n) is 4.09. The van der Waals surface area contributed by atoms with Gasteiger partial charge in [-0.05, 0) is 26.7 Å². The van der Waals surface area contributed by atoms with Crippen LogP contribution in [0.4, 0.5) is 13.2 Å². The Labute approximate surface area is 116 Å². The van der Waals surface area contributed by atoms with Crippen LogP contribution >= 0.6 is 0 Å². The Bertz CT molecular complexity index is 363. The first-order chi connectivity index (χ1) is 9.22. The molecule has 0 spiro atoms. The van der Waals surface area contributed by atoms with E-state index in [0.717, 1.165) is 0 Å². The van der Waals surface area contributed by atoms with Crippen LogP contribution in [0.5, 0.6) is 0 Å². The Hall–Kier alpha value is -0.820. The molecule has 4 nitrogen and oxygen atoms in total. The predicted octanol–water partition coefficient (Wildman–Crippen LogP) is 1.55. The first-order valence-electron chi connectivity index (χ1n) is 6.91. The number of alkyl halides is 3. The molecule has 2 unspecified atom stereocenters. The van der Waals surface area contributed by atoms with E-state index in [9.17, 15) is 18.0 Å². The van der Waals surface area contributed by atoms with Crippen LogP contribution in [-0.2, 0) is 9.53 Å². The van der Waals surface area contributed by atoms with Gasteiger partial charge in [0.25, 0.3) is 0 Å². The zero-order valence-corrected chi connectivity index (χ0v) is 11.8. The molecule has 116 valence electrons. The second-order valence-electron chi connectivity index (χ2n) is 6.13. The average molecular weight is 294 g/mol. The lowest BCUT2D eigenvalue weighted by Crippen LogP contribution is -2.61. The topological polar surface area (TPSA) is 41.6 Å². The van der Waals surface area contributed by atoms with Gasteiger partial charge in [0.05, 0.1) is 30.7 Å². The van der Waals surface area contributed by atoms with E-state index in [0.29, 0.717) is 19.8 Å². The largest absolute Gasteiger partial charge is 0.393 e. The molecular weight excluding hydrogens is 273 g/mol. The summed E-state index contributed by atoms with van der Waals surface area (Å²) in [7, 11) is 0. The molecule has 2 rings (SSSR count). The Morgan fingerprint density at radius 1 is 1.35 bits per heavy atom. The molecule has 1 amide bonds. The van der Waals surface area contributed by atoms with E-state index in [-0.39, 0.29) is 25.3 Å². The van der Waals surface area contributed by atoms with E-state index in [1.807, 2.05) is 13.8 Å². The fraction of sp³-hybridized carbons (Fsp3) is 0.923. The standard InChI is InChI=1S/C13H21F3N2O2/c1-12(2)8-20-6-5-18(12)11(19)10-4-3-9(7-17-10)13(14,15)16/h9-10,17H,3-8H2,1-2H3. The zero-order valence-electron chi connectivity index (χ0n) is 11.8. The monoisotopic (exact) mass is 294 g/mol. The minimum Gasteiger partial charge on any atom is -0.377 e. The molecule has 0 aromatic heterocycles. The highest BCUT2D eigenvalue weighted by atomic mass is 19.4. The highest BCUT2D eigenvalue weighted by molar-refractivity contribution is 5.82. The molecular formula is C13H21F3N2O2. The summed E-state index contributed by atoms with van der Waals surface area (Å²) in [6.07, 6.45) is -3.94. The number of nitrogens with one attached hydrogen (secondary N) is 1. The Morgan fingerprint density at radius 2 is 2.05 bits per heavy atom. The summed E-state index contributed by atoms with van der Waals surface area (Å²) >= 11 is 0. The van der Waals surface area contributed by atoms with Gasteiger partial charge in [-0.2, -0.15) is 13.2 Å². The second-order valence-corrected chi connectivity index (χ2v) is 6.13. The van der Waals surface area contributed by atoms with Gasteiger partial charge in [0.15, 0.2) is 0 Å². The lowest BCUT2D eigenvalue weighted by molar-refractivity contribution is -0.181. The van der Waals surface area contributed by atoms with Crippen molar-refractivity contribution in [1.29, 1.82) is 0 Å². The summed E-state index contributed by atoms with van der Waals surface area (Å²) in [6.45, 7) is 5.07. The molecule has 0 aromatic carbocycles. The van der Waals surface area contributed by atoms with Crippen molar-refractivity contribution in [3.05, 3.63) is 0 Å². The van der Waals surface area contributed by atoms with Gasteiger partial charge in [0, 0.05) is 13.1 Å². The van der Waals surface area contributed by atoms with Crippen molar-refractivity contribution in [3.63, 3.8) is 0 Å². The molecule has 2 aliphatic rings. The molecule has 1 N–H and O–H groups in total. The quantitative estimate of drug-likeness (QED) is 0.798. The SMILES string of the molecule is CC1(C)COCCN1C(=O)C1CCC(C(F)(F)F)CN1. The fourth-order valence-electron chi connectivity index (χ4n) is 2.80. The molecule has 2 atom stereocenters. The molecule has 2 aliphatic heterocycles. The number of piperidine rings is 1. The number of rotatable bonds is 1. The highest BCUT2D eigenvalue weighted by Gasteiger charge is 2.44. The van der Waals surface area contributed by atoms with Gasteiger partial charge in [-0.3, -0.25) is 4.79 Å². The fourth-order valence-corrected chi connectivity index (χ4v) is 2.80. The van der Waals surface area contributed by atoms with Crippen molar-refractivity contribution < 1.29 is 22.7 Å². The van der Waals surface area contributed by atoms with Gasteiger partial charge in [-0.1, -0.05) is 0 Å². The molecule has 20 heavy (non-hydrogen) atoms. The maximum Gasteiger partial charge on any atom is 0.393 e. The van der Waals surface area contributed by atoms with Crippen LogP contribution in [0, 0.1) is 5.92 Å². The van der Waals surface area contributed by atoms with Gasteiger partial charge in [0.2, 0.25) is 5.91 Å². The van der Waals surface area contributed by atoms with Crippen molar-refractivity contribution in [3.8, 4) is 0 Å². The number of carbonyl (C=O) groups excluding carboxylic acids is 1. The van der Waals surface area contributed by atoms with Crippen LogP contribution < -0.4 is 5.32 Å². The van der Waals surface area contributed by atoms with Crippen LogP contribution in [0.15, 0.2) is 0 Å². The minimum atomic E-state index is -4.18. The van der Waals surface area contributed by atoms with E-state index >= 15 is 0 Å². The van der Waals surface area contributed by atoms with Crippen LogP contribution in [-0.4, -0.2) is 54.9 Å². The van der Waals surface area contributed by atoms with E-state index in [1.54, 1.807) is 4.90 Å². The lowest BCUT2D eigenvalue weighted by atomic mass is 9.92. The summed E-state index contributed by atoms with van der Waals surface area (Å²) < 4.78 is 43.1. The molecule has 2 saturated heterocycles. The minimum absolute atomic E-state index is 0.0116. The average Bonchev–Trinajstić information content (AvgIpc) is 2.36. The first kappa shape index (κ1) is 15.6. The number of carbonyl (C=O) groups is 1. The smallest absolute Gasteiger partial charge is 0.377 e. The van der Waals surface area contributed by atoms with Crippen LogP contribution in [0.3, 0.4) is 0 Å². The van der Waals surface area contributed by atoms with E-state index in [1.165, 1.54) is 0 Å². The van der Waals surface area contributed by atoms with Gasteiger partial charge in [-0.25, -0.2) is 0 Å².